The number of aryl methyl sites for hydroxylation is 1. The molecule has 2 N–H and O–H groups in total. The Kier molecular flexibility index (Phi) is 4.14. The zero-order valence-electron chi connectivity index (χ0n) is 9.42. The summed E-state index contributed by atoms with van der Waals surface area (Å²) in [7, 11) is 0. The molecule has 0 bridgehead atoms. The lowest BCUT2D eigenvalue weighted by Gasteiger charge is -2.26. The van der Waals surface area contributed by atoms with E-state index in [1.165, 1.54) is 17.7 Å². The van der Waals surface area contributed by atoms with Crippen molar-refractivity contribution in [3.05, 3.63) is 22.4 Å². The van der Waals surface area contributed by atoms with Crippen LogP contribution in [-0.4, -0.2) is 6.04 Å². The Morgan fingerprint density at radius 3 is 2.64 bits per heavy atom. The van der Waals surface area contributed by atoms with Gasteiger partial charge in [-0.3, -0.25) is 0 Å². The molecule has 0 amide bonds. The molecule has 1 aromatic rings. The first-order chi connectivity index (χ1) is 6.50. The first-order valence-corrected chi connectivity index (χ1v) is 6.16. The molecule has 0 fully saturated rings. The Labute approximate surface area is 91.3 Å². The van der Waals surface area contributed by atoms with Crippen molar-refractivity contribution in [2.75, 3.05) is 0 Å². The van der Waals surface area contributed by atoms with Crippen LogP contribution in [-0.2, 0) is 6.42 Å². The first kappa shape index (κ1) is 11.7. The van der Waals surface area contributed by atoms with Gasteiger partial charge in [0.2, 0.25) is 0 Å². The Morgan fingerprint density at radius 1 is 1.43 bits per heavy atom. The summed E-state index contributed by atoms with van der Waals surface area (Å²) in [6.45, 7) is 6.63. The maximum atomic E-state index is 6.09. The van der Waals surface area contributed by atoms with E-state index in [1.807, 2.05) is 11.3 Å². The molecule has 0 aliphatic carbocycles. The Morgan fingerprint density at radius 2 is 2.14 bits per heavy atom. The van der Waals surface area contributed by atoms with E-state index in [9.17, 15) is 0 Å². The molecule has 1 unspecified atom stereocenters. The average molecular weight is 211 g/mol. The highest BCUT2D eigenvalue weighted by Gasteiger charge is 2.19. The second kappa shape index (κ2) is 4.94. The molecule has 1 atom stereocenters. The molecule has 2 heteroatoms. The van der Waals surface area contributed by atoms with E-state index in [0.717, 1.165) is 6.42 Å². The van der Waals surface area contributed by atoms with Crippen LogP contribution in [0.3, 0.4) is 0 Å². The quantitative estimate of drug-likeness (QED) is 0.811. The van der Waals surface area contributed by atoms with E-state index >= 15 is 0 Å². The van der Waals surface area contributed by atoms with Gasteiger partial charge in [-0.15, -0.1) is 11.3 Å². The summed E-state index contributed by atoms with van der Waals surface area (Å²) in [5, 5.41) is 2.14. The SMILES string of the molecule is CC(C)(C)C(N)CCCc1cccs1. The van der Waals surface area contributed by atoms with Crippen LogP contribution >= 0.6 is 11.3 Å². The van der Waals surface area contributed by atoms with Gasteiger partial charge in [-0.25, -0.2) is 0 Å². The molecule has 0 aromatic carbocycles. The molecule has 1 aromatic heterocycles. The smallest absolute Gasteiger partial charge is 0.00877 e. The predicted molar refractivity (Wildman–Crippen MR) is 64.7 cm³/mol. The van der Waals surface area contributed by atoms with Gasteiger partial charge in [-0.1, -0.05) is 26.8 Å². The highest BCUT2D eigenvalue weighted by atomic mass is 32.1. The molecule has 1 rings (SSSR count). The number of nitrogens with two attached hydrogens (primary N) is 1. The molecule has 0 spiro atoms. The third kappa shape index (κ3) is 3.81. The second-order valence-corrected chi connectivity index (χ2v) is 5.98. The van der Waals surface area contributed by atoms with Crippen LogP contribution < -0.4 is 5.73 Å². The minimum Gasteiger partial charge on any atom is -0.327 e. The van der Waals surface area contributed by atoms with Crippen LogP contribution in [0.25, 0.3) is 0 Å². The van der Waals surface area contributed by atoms with Crippen molar-refractivity contribution in [2.45, 2.75) is 46.1 Å². The Balaban J connectivity index is 2.22. The third-order valence-electron chi connectivity index (χ3n) is 2.63. The zero-order chi connectivity index (χ0) is 10.6. The average Bonchev–Trinajstić information content (AvgIpc) is 2.55. The third-order valence-corrected chi connectivity index (χ3v) is 3.57. The number of hydrogen-bond donors (Lipinski definition) is 1. The predicted octanol–water partition coefficient (Wildman–Crippen LogP) is 3.44. The topological polar surface area (TPSA) is 26.0 Å². The zero-order valence-corrected chi connectivity index (χ0v) is 10.2. The van der Waals surface area contributed by atoms with E-state index in [0.29, 0.717) is 6.04 Å². The molecule has 0 radical (unpaired) electrons. The summed E-state index contributed by atoms with van der Waals surface area (Å²) in [6.07, 6.45) is 3.52. The summed E-state index contributed by atoms with van der Waals surface area (Å²) in [4.78, 5) is 1.48. The fourth-order valence-corrected chi connectivity index (χ4v) is 2.14. The van der Waals surface area contributed by atoms with Crippen molar-refractivity contribution >= 4 is 11.3 Å². The molecule has 1 nitrogen and oxygen atoms in total. The highest BCUT2D eigenvalue weighted by molar-refractivity contribution is 7.09. The Bertz CT molecular complexity index is 246. The van der Waals surface area contributed by atoms with Crippen molar-refractivity contribution < 1.29 is 0 Å². The lowest BCUT2D eigenvalue weighted by atomic mass is 9.84. The maximum Gasteiger partial charge on any atom is 0.00877 e. The molecular weight excluding hydrogens is 190 g/mol. The molecule has 80 valence electrons. The van der Waals surface area contributed by atoms with Gasteiger partial charge in [0, 0.05) is 10.9 Å². The monoisotopic (exact) mass is 211 g/mol. The summed E-state index contributed by atoms with van der Waals surface area (Å²) in [6, 6.07) is 4.64. The van der Waals surface area contributed by atoms with Crippen LogP contribution in [0.1, 0.15) is 38.5 Å². The summed E-state index contributed by atoms with van der Waals surface area (Å²) in [5.74, 6) is 0. The van der Waals surface area contributed by atoms with Gasteiger partial charge < -0.3 is 5.73 Å². The molecule has 0 aliphatic heterocycles. The van der Waals surface area contributed by atoms with Crippen molar-refractivity contribution in [2.24, 2.45) is 11.1 Å². The van der Waals surface area contributed by atoms with Crippen LogP contribution in [0.15, 0.2) is 17.5 Å². The van der Waals surface area contributed by atoms with Crippen LogP contribution in [0.4, 0.5) is 0 Å². The van der Waals surface area contributed by atoms with Gasteiger partial charge in [0.05, 0.1) is 0 Å². The van der Waals surface area contributed by atoms with E-state index < -0.39 is 0 Å². The lowest BCUT2D eigenvalue weighted by Crippen LogP contribution is -2.34. The van der Waals surface area contributed by atoms with Crippen molar-refractivity contribution in [1.82, 2.24) is 0 Å². The first-order valence-electron chi connectivity index (χ1n) is 5.28. The van der Waals surface area contributed by atoms with Gasteiger partial charge in [-0.05, 0) is 36.1 Å². The highest BCUT2D eigenvalue weighted by Crippen LogP contribution is 2.22. The number of hydrogen-bond acceptors (Lipinski definition) is 2. The van der Waals surface area contributed by atoms with Crippen LogP contribution in [0.2, 0.25) is 0 Å². The van der Waals surface area contributed by atoms with Crippen LogP contribution in [0, 0.1) is 5.41 Å². The van der Waals surface area contributed by atoms with Gasteiger partial charge >= 0.3 is 0 Å². The molecule has 0 aliphatic rings. The van der Waals surface area contributed by atoms with Gasteiger partial charge in [0.1, 0.15) is 0 Å². The molecule has 1 heterocycles. The number of thiophene rings is 1. The van der Waals surface area contributed by atoms with E-state index in [4.69, 9.17) is 5.73 Å². The fraction of sp³-hybridized carbons (Fsp3) is 0.667. The lowest BCUT2D eigenvalue weighted by molar-refractivity contribution is 0.301. The number of rotatable bonds is 4. The molecule has 0 saturated heterocycles. The summed E-state index contributed by atoms with van der Waals surface area (Å²) in [5.41, 5.74) is 6.34. The molecular formula is C12H21NS. The van der Waals surface area contributed by atoms with Gasteiger partial charge in [0.25, 0.3) is 0 Å². The Hall–Kier alpha value is -0.340. The normalized spacial score (nSPS) is 14.3. The summed E-state index contributed by atoms with van der Waals surface area (Å²) >= 11 is 1.84. The maximum absolute atomic E-state index is 6.09. The fourth-order valence-electron chi connectivity index (χ4n) is 1.38. The van der Waals surface area contributed by atoms with Crippen molar-refractivity contribution in [3.8, 4) is 0 Å². The van der Waals surface area contributed by atoms with E-state index in [1.54, 1.807) is 0 Å². The molecule has 14 heavy (non-hydrogen) atoms. The van der Waals surface area contributed by atoms with Gasteiger partial charge in [0.15, 0.2) is 0 Å². The van der Waals surface area contributed by atoms with E-state index in [-0.39, 0.29) is 5.41 Å². The van der Waals surface area contributed by atoms with Crippen molar-refractivity contribution in [3.63, 3.8) is 0 Å². The minimum absolute atomic E-state index is 0.245. The standard InChI is InChI=1S/C12H21NS/c1-12(2,3)11(13)8-4-6-10-7-5-9-14-10/h5,7,9,11H,4,6,8,13H2,1-3H3. The summed E-state index contributed by atoms with van der Waals surface area (Å²) < 4.78 is 0. The largest absolute Gasteiger partial charge is 0.327 e. The van der Waals surface area contributed by atoms with Crippen molar-refractivity contribution in [1.29, 1.82) is 0 Å². The second-order valence-electron chi connectivity index (χ2n) is 4.94. The van der Waals surface area contributed by atoms with Crippen LogP contribution in [0.5, 0.6) is 0 Å². The molecule has 0 saturated carbocycles. The van der Waals surface area contributed by atoms with Gasteiger partial charge in [-0.2, -0.15) is 0 Å². The minimum atomic E-state index is 0.245. The van der Waals surface area contributed by atoms with E-state index in [2.05, 4.69) is 38.3 Å².